The van der Waals surface area contributed by atoms with Crippen molar-refractivity contribution in [2.45, 2.75) is 33.2 Å². The maximum absolute atomic E-state index is 13.0. The number of para-hydroxylation sites is 2. The summed E-state index contributed by atoms with van der Waals surface area (Å²) in [4.78, 5) is 41.6. The first kappa shape index (κ1) is 24.9. The molecule has 0 atom stereocenters. The molecule has 0 aliphatic carbocycles. The summed E-state index contributed by atoms with van der Waals surface area (Å²) in [6, 6.07) is 17.6. The number of hydrogen-bond acceptors (Lipinski definition) is 6. The van der Waals surface area contributed by atoms with Crippen LogP contribution >= 0.6 is 0 Å². The largest absolute Gasteiger partial charge is 0.366 e. The van der Waals surface area contributed by atoms with E-state index in [1.807, 2.05) is 61.5 Å². The number of amides is 2. The third-order valence-electron chi connectivity index (χ3n) is 6.23. The summed E-state index contributed by atoms with van der Waals surface area (Å²) < 4.78 is 1.72. The Morgan fingerprint density at radius 2 is 1.71 bits per heavy atom. The predicted molar refractivity (Wildman–Crippen MR) is 149 cm³/mol. The van der Waals surface area contributed by atoms with E-state index in [4.69, 9.17) is 9.97 Å². The summed E-state index contributed by atoms with van der Waals surface area (Å²) in [6.07, 6.45) is 7.91. The van der Waals surface area contributed by atoms with Crippen molar-refractivity contribution >= 4 is 40.4 Å². The minimum absolute atomic E-state index is 0.135. The van der Waals surface area contributed by atoms with Crippen LogP contribution in [0.2, 0.25) is 0 Å². The molecule has 0 spiro atoms. The predicted octanol–water partition coefficient (Wildman–Crippen LogP) is 4.80. The normalized spacial score (nSPS) is 13.3. The van der Waals surface area contributed by atoms with Gasteiger partial charge in [-0.25, -0.2) is 9.55 Å². The second-order valence-electron chi connectivity index (χ2n) is 8.86. The number of anilines is 3. The van der Waals surface area contributed by atoms with Gasteiger partial charge in [-0.1, -0.05) is 54.6 Å². The van der Waals surface area contributed by atoms with Crippen molar-refractivity contribution in [1.82, 2.24) is 19.5 Å². The standard InChI is InChI=1S/C29H29N7O2/c1-3-11-24(37)32-28-31-22-16-8-9-17-23(22)36(28)29-33-26(30-19-20-13-6-5-7-14-20)21-15-10-18-35(27(21)34-29)25(38)12-4-2/h3-9,11-14,16-17H,10,15,18-19H2,1-2H3,(H,30,33,34)(H,31,32,37)/b11-3+,12-4+. The van der Waals surface area contributed by atoms with E-state index in [0.29, 0.717) is 42.1 Å². The molecule has 0 unspecified atom stereocenters. The number of hydrogen-bond donors (Lipinski definition) is 2. The van der Waals surface area contributed by atoms with Gasteiger partial charge in [0, 0.05) is 18.7 Å². The van der Waals surface area contributed by atoms with Gasteiger partial charge in [-0.15, -0.1) is 0 Å². The third-order valence-corrected chi connectivity index (χ3v) is 6.23. The van der Waals surface area contributed by atoms with Crippen LogP contribution in [0, 0.1) is 0 Å². The molecule has 2 aromatic heterocycles. The fourth-order valence-electron chi connectivity index (χ4n) is 4.52. The summed E-state index contributed by atoms with van der Waals surface area (Å²) >= 11 is 0. The molecule has 3 heterocycles. The van der Waals surface area contributed by atoms with Crippen LogP contribution in [0.3, 0.4) is 0 Å². The van der Waals surface area contributed by atoms with Crippen LogP contribution < -0.4 is 15.5 Å². The van der Waals surface area contributed by atoms with Gasteiger partial charge >= 0.3 is 0 Å². The van der Waals surface area contributed by atoms with Crippen molar-refractivity contribution in [2.24, 2.45) is 0 Å². The van der Waals surface area contributed by atoms with Crippen molar-refractivity contribution in [2.75, 3.05) is 22.1 Å². The average molecular weight is 508 g/mol. The van der Waals surface area contributed by atoms with Crippen LogP contribution in [0.25, 0.3) is 17.0 Å². The minimum atomic E-state index is -0.311. The van der Waals surface area contributed by atoms with Crippen molar-refractivity contribution in [3.63, 3.8) is 0 Å². The molecule has 9 nitrogen and oxygen atoms in total. The summed E-state index contributed by atoms with van der Waals surface area (Å²) in [7, 11) is 0. The topological polar surface area (TPSA) is 105 Å². The first-order chi connectivity index (χ1) is 18.6. The highest BCUT2D eigenvalue weighted by Gasteiger charge is 2.28. The molecule has 0 saturated carbocycles. The van der Waals surface area contributed by atoms with Gasteiger partial charge in [0.1, 0.15) is 11.6 Å². The lowest BCUT2D eigenvalue weighted by atomic mass is 10.1. The molecule has 0 bridgehead atoms. The summed E-state index contributed by atoms with van der Waals surface area (Å²) in [5.74, 6) is 1.37. The first-order valence-corrected chi connectivity index (χ1v) is 12.6. The number of imidazole rings is 1. The lowest BCUT2D eigenvalue weighted by Crippen LogP contribution is -2.36. The monoisotopic (exact) mass is 507 g/mol. The first-order valence-electron chi connectivity index (χ1n) is 12.6. The Balaban J connectivity index is 1.68. The Kier molecular flexibility index (Phi) is 7.26. The molecule has 5 rings (SSSR count). The number of aromatic nitrogens is 4. The Labute approximate surface area is 220 Å². The lowest BCUT2D eigenvalue weighted by Gasteiger charge is -2.29. The Bertz CT molecular complexity index is 1540. The molecule has 2 N–H and O–H groups in total. The Morgan fingerprint density at radius 1 is 0.947 bits per heavy atom. The molecular weight excluding hydrogens is 478 g/mol. The molecule has 9 heteroatoms. The van der Waals surface area contributed by atoms with Crippen LogP contribution in [0.4, 0.5) is 17.6 Å². The maximum Gasteiger partial charge on any atom is 0.251 e. The molecule has 2 aromatic carbocycles. The zero-order valence-electron chi connectivity index (χ0n) is 21.4. The van der Waals surface area contributed by atoms with Gasteiger partial charge < -0.3 is 5.32 Å². The van der Waals surface area contributed by atoms with E-state index in [1.165, 1.54) is 6.08 Å². The summed E-state index contributed by atoms with van der Waals surface area (Å²) in [5.41, 5.74) is 3.41. The van der Waals surface area contributed by atoms with Crippen LogP contribution in [0.15, 0.2) is 78.9 Å². The van der Waals surface area contributed by atoms with Crippen molar-refractivity contribution in [3.05, 3.63) is 90.0 Å². The molecule has 38 heavy (non-hydrogen) atoms. The number of benzene rings is 2. The fraction of sp³-hybridized carbons (Fsp3) is 0.207. The van der Waals surface area contributed by atoms with Gasteiger partial charge in [-0.05, 0) is 56.5 Å². The van der Waals surface area contributed by atoms with E-state index < -0.39 is 0 Å². The number of fused-ring (bicyclic) bond motifs is 2. The summed E-state index contributed by atoms with van der Waals surface area (Å²) in [6.45, 7) is 4.71. The number of nitrogens with one attached hydrogen (secondary N) is 2. The Morgan fingerprint density at radius 3 is 2.50 bits per heavy atom. The van der Waals surface area contributed by atoms with Crippen molar-refractivity contribution in [3.8, 4) is 5.95 Å². The van der Waals surface area contributed by atoms with Crippen LogP contribution in [-0.2, 0) is 22.6 Å². The van der Waals surface area contributed by atoms with Crippen LogP contribution in [-0.4, -0.2) is 37.9 Å². The van der Waals surface area contributed by atoms with E-state index in [9.17, 15) is 9.59 Å². The zero-order valence-corrected chi connectivity index (χ0v) is 21.4. The lowest BCUT2D eigenvalue weighted by molar-refractivity contribution is -0.114. The highest BCUT2D eigenvalue weighted by molar-refractivity contribution is 6.02. The molecule has 1 aliphatic heterocycles. The number of rotatable bonds is 7. The zero-order chi connectivity index (χ0) is 26.5. The number of allylic oxidation sites excluding steroid dienone is 2. The van der Waals surface area contributed by atoms with Crippen molar-refractivity contribution in [1.29, 1.82) is 0 Å². The molecule has 1 aliphatic rings. The Hall–Kier alpha value is -4.79. The smallest absolute Gasteiger partial charge is 0.251 e. The third kappa shape index (κ3) is 5.04. The molecule has 0 fully saturated rings. The van der Waals surface area contributed by atoms with Gasteiger partial charge in [-0.2, -0.15) is 9.97 Å². The SMILES string of the molecule is C/C=C/C(=O)Nc1nc2ccccc2n1-c1nc(NCc2ccccc2)c2c(n1)N(C(=O)/C=C/C)CCC2. The fourth-order valence-corrected chi connectivity index (χ4v) is 4.52. The number of carbonyl (C=O) groups excluding carboxylic acids is 2. The minimum Gasteiger partial charge on any atom is -0.366 e. The highest BCUT2D eigenvalue weighted by atomic mass is 16.2. The van der Waals surface area contributed by atoms with E-state index in [1.54, 1.807) is 34.6 Å². The van der Waals surface area contributed by atoms with Crippen molar-refractivity contribution < 1.29 is 9.59 Å². The molecule has 4 aromatic rings. The van der Waals surface area contributed by atoms with Gasteiger partial charge in [0.15, 0.2) is 0 Å². The van der Waals surface area contributed by atoms with E-state index >= 15 is 0 Å². The van der Waals surface area contributed by atoms with Gasteiger partial charge in [0.2, 0.25) is 17.8 Å². The van der Waals surface area contributed by atoms with Gasteiger partial charge in [-0.3, -0.25) is 19.8 Å². The maximum atomic E-state index is 13.0. The highest BCUT2D eigenvalue weighted by Crippen LogP contribution is 2.33. The summed E-state index contributed by atoms with van der Waals surface area (Å²) in [5, 5.41) is 6.32. The average Bonchev–Trinajstić information content (AvgIpc) is 3.29. The molecular formula is C29H29N7O2. The molecule has 0 radical (unpaired) electrons. The number of nitrogens with zero attached hydrogens (tertiary/aromatic N) is 5. The van der Waals surface area contributed by atoms with E-state index in [-0.39, 0.29) is 11.8 Å². The van der Waals surface area contributed by atoms with Gasteiger partial charge in [0.05, 0.1) is 11.0 Å². The second kappa shape index (κ2) is 11.1. The molecule has 2 amide bonds. The van der Waals surface area contributed by atoms with Crippen LogP contribution in [0.1, 0.15) is 31.4 Å². The van der Waals surface area contributed by atoms with Gasteiger partial charge in [0.25, 0.3) is 5.91 Å². The van der Waals surface area contributed by atoms with E-state index in [2.05, 4.69) is 15.6 Å². The molecule has 192 valence electrons. The van der Waals surface area contributed by atoms with Crippen LogP contribution in [0.5, 0.6) is 0 Å². The molecule has 0 saturated heterocycles. The number of carbonyl (C=O) groups is 2. The quantitative estimate of drug-likeness (QED) is 0.348. The second-order valence-corrected chi connectivity index (χ2v) is 8.86. The van der Waals surface area contributed by atoms with E-state index in [0.717, 1.165) is 29.5 Å².